The molecule has 4 heteroatoms. The molecule has 0 atom stereocenters. The maximum Gasteiger partial charge on any atom is 0.115 e. The quantitative estimate of drug-likeness (QED) is 0.572. The fourth-order valence-electron chi connectivity index (χ4n) is 1.03. The Hall–Kier alpha value is -0.250. The minimum absolute atomic E-state index is 0.752. The van der Waals surface area contributed by atoms with E-state index in [0.29, 0.717) is 0 Å². The summed E-state index contributed by atoms with van der Waals surface area (Å²) in [5, 5.41) is 1.69. The van der Waals surface area contributed by atoms with Gasteiger partial charge in [0.05, 0.1) is 5.02 Å². The number of rotatable bonds is 5. The Morgan fingerprint density at radius 3 is 2.93 bits per heavy atom. The van der Waals surface area contributed by atoms with Crippen LogP contribution in [0.3, 0.4) is 0 Å². The Labute approximate surface area is 94.7 Å². The summed E-state index contributed by atoms with van der Waals surface area (Å²) in [4.78, 5) is 6.39. The lowest BCUT2D eigenvalue weighted by atomic mass is 10.5. The molecule has 0 unspecified atom stereocenters. The summed E-state index contributed by atoms with van der Waals surface area (Å²) in [6, 6.07) is 3.73. The predicted octanol–water partition coefficient (Wildman–Crippen LogP) is 2.78. The zero-order chi connectivity index (χ0) is 10.4. The molecule has 0 N–H and O–H groups in total. The molecule has 0 bridgehead atoms. The molecule has 1 aromatic heterocycles. The standard InChI is InChI=1S/C10H15ClN2S/c1-13(2)7-4-8-14-10-9(11)5-3-6-12-10/h3,5-6H,4,7-8H2,1-2H3. The molecule has 1 aromatic rings. The lowest BCUT2D eigenvalue weighted by molar-refractivity contribution is 0.410. The molecule has 1 heterocycles. The van der Waals surface area contributed by atoms with E-state index in [1.165, 1.54) is 0 Å². The topological polar surface area (TPSA) is 16.1 Å². The molecule has 0 aliphatic carbocycles. The summed E-state index contributed by atoms with van der Waals surface area (Å²) in [6.45, 7) is 1.11. The number of halogens is 1. The summed E-state index contributed by atoms with van der Waals surface area (Å²) in [7, 11) is 4.16. The van der Waals surface area contributed by atoms with Gasteiger partial charge in [0.1, 0.15) is 5.03 Å². The van der Waals surface area contributed by atoms with Gasteiger partial charge in [0, 0.05) is 11.9 Å². The van der Waals surface area contributed by atoms with Gasteiger partial charge in [-0.15, -0.1) is 11.8 Å². The zero-order valence-electron chi connectivity index (χ0n) is 8.53. The van der Waals surface area contributed by atoms with E-state index < -0.39 is 0 Å². The van der Waals surface area contributed by atoms with Crippen LogP contribution in [-0.2, 0) is 0 Å². The second-order valence-electron chi connectivity index (χ2n) is 3.30. The molecule has 2 nitrogen and oxygen atoms in total. The van der Waals surface area contributed by atoms with Crippen molar-refractivity contribution in [3.8, 4) is 0 Å². The van der Waals surface area contributed by atoms with Crippen molar-refractivity contribution < 1.29 is 0 Å². The first kappa shape index (κ1) is 11.8. The Bertz CT molecular complexity index is 279. The van der Waals surface area contributed by atoms with Gasteiger partial charge in [-0.2, -0.15) is 0 Å². The molecule has 0 amide bonds. The fraction of sp³-hybridized carbons (Fsp3) is 0.500. The third-order valence-electron chi connectivity index (χ3n) is 1.71. The highest BCUT2D eigenvalue weighted by atomic mass is 35.5. The van der Waals surface area contributed by atoms with Crippen molar-refractivity contribution in [2.45, 2.75) is 11.4 Å². The van der Waals surface area contributed by atoms with Crippen LogP contribution in [0.4, 0.5) is 0 Å². The van der Waals surface area contributed by atoms with E-state index in [-0.39, 0.29) is 0 Å². The first-order valence-corrected chi connectivity index (χ1v) is 5.94. The van der Waals surface area contributed by atoms with E-state index in [4.69, 9.17) is 11.6 Å². The largest absolute Gasteiger partial charge is 0.309 e. The van der Waals surface area contributed by atoms with Crippen LogP contribution in [0, 0.1) is 0 Å². The molecule has 1 rings (SSSR count). The number of hydrogen-bond donors (Lipinski definition) is 0. The number of thioether (sulfide) groups is 1. The van der Waals surface area contributed by atoms with Crippen LogP contribution in [-0.4, -0.2) is 36.3 Å². The van der Waals surface area contributed by atoms with Crippen molar-refractivity contribution >= 4 is 23.4 Å². The molecule has 0 saturated carbocycles. The first-order valence-electron chi connectivity index (χ1n) is 4.58. The van der Waals surface area contributed by atoms with Gasteiger partial charge >= 0.3 is 0 Å². The first-order chi connectivity index (χ1) is 6.70. The van der Waals surface area contributed by atoms with Crippen molar-refractivity contribution in [3.05, 3.63) is 23.4 Å². The number of hydrogen-bond acceptors (Lipinski definition) is 3. The molecule has 14 heavy (non-hydrogen) atoms. The van der Waals surface area contributed by atoms with Crippen LogP contribution in [0.25, 0.3) is 0 Å². The maximum atomic E-state index is 5.97. The summed E-state index contributed by atoms with van der Waals surface area (Å²) >= 11 is 7.69. The Balaban J connectivity index is 2.28. The molecule has 0 spiro atoms. The molecular weight excluding hydrogens is 216 g/mol. The maximum absolute atomic E-state index is 5.97. The van der Waals surface area contributed by atoms with Crippen LogP contribution in [0.2, 0.25) is 5.02 Å². The molecule has 0 radical (unpaired) electrons. The van der Waals surface area contributed by atoms with Gasteiger partial charge in [-0.3, -0.25) is 0 Å². The van der Waals surface area contributed by atoms with Crippen LogP contribution in [0.5, 0.6) is 0 Å². The minimum Gasteiger partial charge on any atom is -0.309 e. The van der Waals surface area contributed by atoms with Crippen LogP contribution in [0.1, 0.15) is 6.42 Å². The normalized spacial score (nSPS) is 10.9. The van der Waals surface area contributed by atoms with Gasteiger partial charge in [0.2, 0.25) is 0 Å². The van der Waals surface area contributed by atoms with Crippen molar-refractivity contribution in [2.75, 3.05) is 26.4 Å². The summed E-state index contributed by atoms with van der Waals surface area (Å²) in [6.07, 6.45) is 2.94. The van der Waals surface area contributed by atoms with Gasteiger partial charge in [-0.25, -0.2) is 4.98 Å². The van der Waals surface area contributed by atoms with E-state index >= 15 is 0 Å². The highest BCUT2D eigenvalue weighted by Crippen LogP contribution is 2.24. The molecule has 0 saturated heterocycles. The molecule has 0 aliphatic rings. The van der Waals surface area contributed by atoms with Crippen LogP contribution >= 0.6 is 23.4 Å². The number of pyridine rings is 1. The Kier molecular flexibility index (Phi) is 5.30. The fourth-order valence-corrected chi connectivity index (χ4v) is 2.12. The number of aromatic nitrogens is 1. The third kappa shape index (κ3) is 4.31. The van der Waals surface area contributed by atoms with E-state index in [1.54, 1.807) is 18.0 Å². The van der Waals surface area contributed by atoms with E-state index in [9.17, 15) is 0 Å². The molecule has 78 valence electrons. The van der Waals surface area contributed by atoms with Gasteiger partial charge in [-0.05, 0) is 39.2 Å². The summed E-state index contributed by atoms with van der Waals surface area (Å²) < 4.78 is 0. The molecular formula is C10H15ClN2S. The number of nitrogens with zero attached hydrogens (tertiary/aromatic N) is 2. The third-order valence-corrected chi connectivity index (χ3v) is 3.22. The van der Waals surface area contributed by atoms with Crippen molar-refractivity contribution in [1.82, 2.24) is 9.88 Å². The minimum atomic E-state index is 0.752. The van der Waals surface area contributed by atoms with Gasteiger partial charge in [0.15, 0.2) is 0 Å². The molecule has 0 aliphatic heterocycles. The lowest BCUT2D eigenvalue weighted by Crippen LogP contribution is -2.13. The second kappa shape index (κ2) is 6.27. The zero-order valence-corrected chi connectivity index (χ0v) is 10.1. The van der Waals surface area contributed by atoms with E-state index in [0.717, 1.165) is 28.8 Å². The highest BCUT2D eigenvalue weighted by Gasteiger charge is 2.00. The van der Waals surface area contributed by atoms with Crippen LogP contribution in [0.15, 0.2) is 23.4 Å². The predicted molar refractivity (Wildman–Crippen MR) is 63.1 cm³/mol. The summed E-state index contributed by atoms with van der Waals surface area (Å²) in [5.74, 6) is 1.06. The Morgan fingerprint density at radius 1 is 1.50 bits per heavy atom. The van der Waals surface area contributed by atoms with Gasteiger partial charge in [-0.1, -0.05) is 11.6 Å². The van der Waals surface area contributed by atoms with Crippen molar-refractivity contribution in [3.63, 3.8) is 0 Å². The molecule has 0 fully saturated rings. The van der Waals surface area contributed by atoms with Gasteiger partial charge in [0.25, 0.3) is 0 Å². The van der Waals surface area contributed by atoms with E-state index in [2.05, 4.69) is 24.0 Å². The lowest BCUT2D eigenvalue weighted by Gasteiger charge is -2.08. The average Bonchev–Trinajstić information content (AvgIpc) is 2.15. The Morgan fingerprint density at radius 2 is 2.29 bits per heavy atom. The monoisotopic (exact) mass is 230 g/mol. The highest BCUT2D eigenvalue weighted by molar-refractivity contribution is 7.99. The smallest absolute Gasteiger partial charge is 0.115 e. The van der Waals surface area contributed by atoms with Crippen molar-refractivity contribution in [1.29, 1.82) is 0 Å². The van der Waals surface area contributed by atoms with Gasteiger partial charge < -0.3 is 4.90 Å². The van der Waals surface area contributed by atoms with Crippen molar-refractivity contribution in [2.24, 2.45) is 0 Å². The van der Waals surface area contributed by atoms with Crippen LogP contribution < -0.4 is 0 Å². The molecule has 0 aromatic carbocycles. The second-order valence-corrected chi connectivity index (χ2v) is 4.79. The van der Waals surface area contributed by atoms with E-state index in [1.807, 2.05) is 12.1 Å². The average molecular weight is 231 g/mol. The summed E-state index contributed by atoms with van der Waals surface area (Å²) in [5.41, 5.74) is 0. The SMILES string of the molecule is CN(C)CCCSc1ncccc1Cl.